The summed E-state index contributed by atoms with van der Waals surface area (Å²) in [5.41, 5.74) is 3.93. The standard InChI is InChI=1S/C26H28N6O/c1-18-8-2-5-11-20(18)23-28-29-24-21-12-6-7-13-22(21)27-26(32(23)24)31-16-14-30(15-17-31)25(33)19-9-3-4-10-19/h2,5-8,11-13,19H,3-4,9-10,14-17H2,1H3. The lowest BCUT2D eigenvalue weighted by molar-refractivity contribution is -0.135. The van der Waals surface area contributed by atoms with E-state index in [2.05, 4.69) is 49.5 Å². The van der Waals surface area contributed by atoms with E-state index in [4.69, 9.17) is 4.98 Å². The second-order valence-electron chi connectivity index (χ2n) is 9.22. The third kappa shape index (κ3) is 3.43. The van der Waals surface area contributed by atoms with E-state index in [1.54, 1.807) is 0 Å². The minimum absolute atomic E-state index is 0.229. The summed E-state index contributed by atoms with van der Waals surface area (Å²) in [4.78, 5) is 22.3. The van der Waals surface area contributed by atoms with Gasteiger partial charge >= 0.3 is 0 Å². The molecular formula is C26H28N6O. The van der Waals surface area contributed by atoms with E-state index >= 15 is 0 Å². The number of anilines is 1. The average Bonchev–Trinajstić information content (AvgIpc) is 3.55. The predicted molar refractivity (Wildman–Crippen MR) is 129 cm³/mol. The normalized spacial score (nSPS) is 17.4. The number of hydrogen-bond acceptors (Lipinski definition) is 5. The van der Waals surface area contributed by atoms with Gasteiger partial charge in [0.05, 0.1) is 5.52 Å². The fraction of sp³-hybridized carbons (Fsp3) is 0.385. The average molecular weight is 441 g/mol. The number of carbonyl (C=O) groups excluding carboxylic acids is 1. The summed E-state index contributed by atoms with van der Waals surface area (Å²) in [6.45, 7) is 5.06. The van der Waals surface area contributed by atoms with Gasteiger partial charge in [-0.3, -0.25) is 4.79 Å². The molecule has 2 aromatic heterocycles. The van der Waals surface area contributed by atoms with Crippen LogP contribution >= 0.6 is 0 Å². The molecule has 0 atom stereocenters. The van der Waals surface area contributed by atoms with Crippen molar-refractivity contribution in [2.45, 2.75) is 32.6 Å². The summed E-state index contributed by atoms with van der Waals surface area (Å²) in [5, 5.41) is 10.2. The molecule has 4 aromatic rings. The van der Waals surface area contributed by atoms with Gasteiger partial charge in [0, 0.05) is 43.0 Å². The Morgan fingerprint density at radius 1 is 0.909 bits per heavy atom. The predicted octanol–water partition coefficient (Wildman–Crippen LogP) is 4.09. The maximum atomic E-state index is 12.9. The van der Waals surface area contributed by atoms with Crippen LogP contribution in [0.15, 0.2) is 48.5 Å². The van der Waals surface area contributed by atoms with Gasteiger partial charge in [-0.05, 0) is 37.5 Å². The Balaban J connectivity index is 1.41. The molecule has 0 radical (unpaired) electrons. The molecule has 6 rings (SSSR count). The van der Waals surface area contributed by atoms with E-state index < -0.39 is 0 Å². The molecule has 1 aliphatic heterocycles. The van der Waals surface area contributed by atoms with Gasteiger partial charge in [0.1, 0.15) is 0 Å². The van der Waals surface area contributed by atoms with Gasteiger partial charge in [0.15, 0.2) is 11.5 Å². The van der Waals surface area contributed by atoms with Crippen molar-refractivity contribution < 1.29 is 4.79 Å². The first-order chi connectivity index (χ1) is 16.2. The fourth-order valence-corrected chi connectivity index (χ4v) is 5.33. The lowest BCUT2D eigenvalue weighted by atomic mass is 10.1. The summed E-state index contributed by atoms with van der Waals surface area (Å²) in [5.74, 6) is 2.22. The maximum absolute atomic E-state index is 12.9. The van der Waals surface area contributed by atoms with Gasteiger partial charge in [-0.15, -0.1) is 10.2 Å². The molecule has 1 saturated carbocycles. The van der Waals surface area contributed by atoms with Gasteiger partial charge < -0.3 is 9.80 Å². The molecule has 168 valence electrons. The van der Waals surface area contributed by atoms with Crippen LogP contribution in [0.3, 0.4) is 0 Å². The van der Waals surface area contributed by atoms with Crippen molar-refractivity contribution in [1.29, 1.82) is 0 Å². The molecule has 2 aromatic carbocycles. The Bertz CT molecular complexity index is 1330. The van der Waals surface area contributed by atoms with Crippen molar-refractivity contribution in [2.75, 3.05) is 31.1 Å². The van der Waals surface area contributed by atoms with E-state index in [-0.39, 0.29) is 5.92 Å². The zero-order valence-electron chi connectivity index (χ0n) is 18.9. The molecule has 33 heavy (non-hydrogen) atoms. The van der Waals surface area contributed by atoms with Crippen LogP contribution < -0.4 is 4.90 Å². The van der Waals surface area contributed by atoms with Crippen LogP contribution in [-0.2, 0) is 4.79 Å². The monoisotopic (exact) mass is 440 g/mol. The van der Waals surface area contributed by atoms with Gasteiger partial charge in [0.2, 0.25) is 11.9 Å². The van der Waals surface area contributed by atoms with Crippen LogP contribution in [0.25, 0.3) is 27.9 Å². The Morgan fingerprint density at radius 3 is 2.42 bits per heavy atom. The summed E-state index contributed by atoms with van der Waals surface area (Å²) < 4.78 is 2.10. The molecule has 7 heteroatoms. The Morgan fingerprint density at radius 2 is 1.64 bits per heavy atom. The zero-order chi connectivity index (χ0) is 22.4. The summed E-state index contributed by atoms with van der Waals surface area (Å²) in [7, 11) is 0. The largest absolute Gasteiger partial charge is 0.339 e. The van der Waals surface area contributed by atoms with Crippen molar-refractivity contribution in [1.82, 2.24) is 24.5 Å². The van der Waals surface area contributed by atoms with Crippen molar-refractivity contribution >= 4 is 28.4 Å². The molecule has 2 aliphatic rings. The lowest BCUT2D eigenvalue weighted by Gasteiger charge is -2.36. The first-order valence-corrected chi connectivity index (χ1v) is 11.9. The third-order valence-corrected chi connectivity index (χ3v) is 7.19. The first kappa shape index (κ1) is 20.1. The van der Waals surface area contributed by atoms with E-state index in [1.165, 1.54) is 12.8 Å². The number of benzene rings is 2. The smallest absolute Gasteiger partial charge is 0.225 e. The minimum atomic E-state index is 0.229. The molecule has 2 fully saturated rings. The second kappa shape index (κ2) is 8.14. The SMILES string of the molecule is Cc1ccccc1-c1nnc2c3ccccc3nc(N3CCN(C(=O)C4CCCC4)CC3)n12. The maximum Gasteiger partial charge on any atom is 0.225 e. The van der Waals surface area contributed by atoms with E-state index in [9.17, 15) is 4.79 Å². The Kier molecular flexibility index (Phi) is 4.97. The summed E-state index contributed by atoms with van der Waals surface area (Å²) in [6.07, 6.45) is 4.47. The van der Waals surface area contributed by atoms with Crippen LogP contribution in [0.2, 0.25) is 0 Å². The molecule has 0 bridgehead atoms. The number of aromatic nitrogens is 4. The highest BCUT2D eigenvalue weighted by Gasteiger charge is 2.31. The van der Waals surface area contributed by atoms with Crippen molar-refractivity contribution in [3.8, 4) is 11.4 Å². The summed E-state index contributed by atoms with van der Waals surface area (Å²) in [6, 6.07) is 16.4. The molecular weight excluding hydrogens is 412 g/mol. The number of para-hydroxylation sites is 1. The number of hydrogen-bond donors (Lipinski definition) is 0. The lowest BCUT2D eigenvalue weighted by Crippen LogP contribution is -2.50. The number of nitrogens with zero attached hydrogens (tertiary/aromatic N) is 6. The third-order valence-electron chi connectivity index (χ3n) is 7.19. The van der Waals surface area contributed by atoms with Crippen molar-refractivity contribution in [2.24, 2.45) is 5.92 Å². The van der Waals surface area contributed by atoms with Gasteiger partial charge in [0.25, 0.3) is 0 Å². The molecule has 3 heterocycles. The van der Waals surface area contributed by atoms with Crippen LogP contribution in [-0.4, -0.2) is 56.6 Å². The molecule has 1 saturated heterocycles. The second-order valence-corrected chi connectivity index (χ2v) is 9.22. The molecule has 0 spiro atoms. The quantitative estimate of drug-likeness (QED) is 0.480. The minimum Gasteiger partial charge on any atom is -0.339 e. The van der Waals surface area contributed by atoms with Crippen molar-refractivity contribution in [3.63, 3.8) is 0 Å². The molecule has 1 aliphatic carbocycles. The zero-order valence-corrected chi connectivity index (χ0v) is 18.9. The van der Waals surface area contributed by atoms with Crippen LogP contribution in [0, 0.1) is 12.8 Å². The molecule has 1 amide bonds. The first-order valence-electron chi connectivity index (χ1n) is 11.9. The van der Waals surface area contributed by atoms with Crippen molar-refractivity contribution in [3.05, 3.63) is 54.1 Å². The van der Waals surface area contributed by atoms with Gasteiger partial charge in [-0.1, -0.05) is 49.2 Å². The number of aryl methyl sites for hydroxylation is 1. The molecule has 7 nitrogen and oxygen atoms in total. The van der Waals surface area contributed by atoms with Gasteiger partial charge in [-0.2, -0.15) is 0 Å². The van der Waals surface area contributed by atoms with E-state index in [0.717, 1.165) is 78.5 Å². The molecule has 0 unspecified atom stereocenters. The van der Waals surface area contributed by atoms with Crippen LogP contribution in [0.5, 0.6) is 0 Å². The van der Waals surface area contributed by atoms with Crippen LogP contribution in [0.1, 0.15) is 31.2 Å². The van der Waals surface area contributed by atoms with Crippen LogP contribution in [0.4, 0.5) is 5.95 Å². The number of rotatable bonds is 3. The topological polar surface area (TPSA) is 66.6 Å². The Labute approximate surface area is 193 Å². The fourth-order valence-electron chi connectivity index (χ4n) is 5.33. The molecule has 0 N–H and O–H groups in total. The number of fused-ring (bicyclic) bond motifs is 3. The highest BCUT2D eigenvalue weighted by Crippen LogP contribution is 2.31. The van der Waals surface area contributed by atoms with E-state index in [0.29, 0.717) is 5.91 Å². The number of piperazine rings is 1. The van der Waals surface area contributed by atoms with E-state index in [1.807, 2.05) is 30.3 Å². The number of carbonyl (C=O) groups is 1. The highest BCUT2D eigenvalue weighted by molar-refractivity contribution is 5.93. The Hall–Kier alpha value is -3.48. The van der Waals surface area contributed by atoms with Gasteiger partial charge in [-0.25, -0.2) is 9.38 Å². The number of amides is 1. The highest BCUT2D eigenvalue weighted by atomic mass is 16.2. The summed E-state index contributed by atoms with van der Waals surface area (Å²) >= 11 is 0.